The molecule has 122 valence electrons. The molecule has 2 aromatic carbocycles. The number of hydrogen-bond acceptors (Lipinski definition) is 1. The maximum Gasteiger partial charge on any atom is 0.391 e. The Morgan fingerprint density at radius 3 is 1.87 bits per heavy atom. The summed E-state index contributed by atoms with van der Waals surface area (Å²) in [5.41, 5.74) is 1.62. The third-order valence-corrected chi connectivity index (χ3v) is 5.05. The molecule has 0 radical (unpaired) electrons. The molecule has 0 unspecified atom stereocenters. The molecule has 1 aliphatic carbocycles. The third kappa shape index (κ3) is 3.07. The lowest BCUT2D eigenvalue weighted by Crippen LogP contribution is -2.37. The first-order valence-corrected chi connectivity index (χ1v) is 7.83. The van der Waals surface area contributed by atoms with E-state index in [2.05, 4.69) is 0 Å². The molecule has 0 amide bonds. The molecular weight excluding hydrogens is 301 g/mol. The normalized spacial score (nSPS) is 25.3. The number of aromatic hydroxyl groups is 1. The van der Waals surface area contributed by atoms with Crippen molar-refractivity contribution in [2.45, 2.75) is 37.3 Å². The molecular formula is C19H19F3O. The average Bonchev–Trinajstić information content (AvgIpc) is 2.55. The van der Waals surface area contributed by atoms with Gasteiger partial charge in [0.15, 0.2) is 0 Å². The lowest BCUT2D eigenvalue weighted by molar-refractivity contribution is -0.184. The zero-order chi connectivity index (χ0) is 16.5. The molecule has 0 spiro atoms. The molecule has 23 heavy (non-hydrogen) atoms. The van der Waals surface area contributed by atoms with Gasteiger partial charge in [-0.15, -0.1) is 0 Å². The first-order valence-electron chi connectivity index (χ1n) is 7.83. The van der Waals surface area contributed by atoms with E-state index < -0.39 is 17.5 Å². The smallest absolute Gasteiger partial charge is 0.391 e. The molecule has 0 atom stereocenters. The number of phenolic OH excluding ortho intramolecular Hbond substituents is 1. The van der Waals surface area contributed by atoms with Crippen molar-refractivity contribution in [3.05, 3.63) is 65.7 Å². The van der Waals surface area contributed by atoms with Gasteiger partial charge in [-0.05, 0) is 48.9 Å². The van der Waals surface area contributed by atoms with Gasteiger partial charge in [-0.25, -0.2) is 0 Å². The second-order valence-corrected chi connectivity index (χ2v) is 6.31. The second kappa shape index (κ2) is 5.91. The summed E-state index contributed by atoms with van der Waals surface area (Å²) in [6, 6.07) is 16.6. The molecule has 0 aliphatic heterocycles. The highest BCUT2D eigenvalue weighted by atomic mass is 19.4. The van der Waals surface area contributed by atoms with Gasteiger partial charge in [0.05, 0.1) is 5.92 Å². The van der Waals surface area contributed by atoms with E-state index in [1.54, 1.807) is 12.1 Å². The van der Waals surface area contributed by atoms with Crippen LogP contribution < -0.4 is 0 Å². The van der Waals surface area contributed by atoms with E-state index in [4.69, 9.17) is 0 Å². The minimum atomic E-state index is -4.11. The quantitative estimate of drug-likeness (QED) is 0.782. The van der Waals surface area contributed by atoms with Crippen LogP contribution in [0.3, 0.4) is 0 Å². The summed E-state index contributed by atoms with van der Waals surface area (Å²) < 4.78 is 39.1. The fourth-order valence-corrected chi connectivity index (χ4v) is 3.72. The largest absolute Gasteiger partial charge is 0.508 e. The zero-order valence-electron chi connectivity index (χ0n) is 12.7. The van der Waals surface area contributed by atoms with Crippen molar-refractivity contribution in [3.63, 3.8) is 0 Å². The van der Waals surface area contributed by atoms with E-state index in [9.17, 15) is 18.3 Å². The van der Waals surface area contributed by atoms with Crippen molar-refractivity contribution in [2.24, 2.45) is 5.92 Å². The van der Waals surface area contributed by atoms with Crippen LogP contribution in [-0.2, 0) is 5.41 Å². The second-order valence-electron chi connectivity index (χ2n) is 6.31. The SMILES string of the molecule is Oc1ccc(C2(c3ccccc3)CCC(C(F)(F)F)CC2)cc1. The van der Waals surface area contributed by atoms with Crippen molar-refractivity contribution in [3.8, 4) is 5.75 Å². The summed E-state index contributed by atoms with van der Waals surface area (Å²) in [5.74, 6) is -1.04. The molecule has 1 saturated carbocycles. The first kappa shape index (κ1) is 15.9. The van der Waals surface area contributed by atoms with Crippen molar-refractivity contribution in [1.82, 2.24) is 0 Å². The molecule has 0 bridgehead atoms. The molecule has 0 heterocycles. The van der Waals surface area contributed by atoms with Gasteiger partial charge in [0.2, 0.25) is 0 Å². The van der Waals surface area contributed by atoms with Gasteiger partial charge in [0.1, 0.15) is 5.75 Å². The van der Waals surface area contributed by atoms with E-state index >= 15 is 0 Å². The Balaban J connectivity index is 1.98. The summed E-state index contributed by atoms with van der Waals surface area (Å²) in [6.45, 7) is 0. The monoisotopic (exact) mass is 320 g/mol. The van der Waals surface area contributed by atoms with Crippen LogP contribution in [0.15, 0.2) is 54.6 Å². The molecule has 0 saturated heterocycles. The van der Waals surface area contributed by atoms with Crippen molar-refractivity contribution in [1.29, 1.82) is 0 Å². The molecule has 2 aromatic rings. The van der Waals surface area contributed by atoms with Crippen molar-refractivity contribution in [2.75, 3.05) is 0 Å². The Kier molecular flexibility index (Phi) is 4.09. The highest BCUT2D eigenvalue weighted by molar-refractivity contribution is 5.41. The van der Waals surface area contributed by atoms with E-state index in [0.717, 1.165) is 11.1 Å². The van der Waals surface area contributed by atoms with Crippen LogP contribution in [0.25, 0.3) is 0 Å². The summed E-state index contributed by atoms with van der Waals surface area (Å²) >= 11 is 0. The van der Waals surface area contributed by atoms with E-state index in [1.165, 1.54) is 0 Å². The highest BCUT2D eigenvalue weighted by Gasteiger charge is 2.46. The Morgan fingerprint density at radius 1 is 0.826 bits per heavy atom. The minimum absolute atomic E-state index is 0.138. The average molecular weight is 320 g/mol. The van der Waals surface area contributed by atoms with Gasteiger partial charge in [-0.1, -0.05) is 42.5 Å². The van der Waals surface area contributed by atoms with Crippen LogP contribution in [0.4, 0.5) is 13.2 Å². The molecule has 1 fully saturated rings. The van der Waals surface area contributed by atoms with Gasteiger partial charge >= 0.3 is 6.18 Å². The van der Waals surface area contributed by atoms with E-state index in [1.807, 2.05) is 42.5 Å². The predicted octanol–water partition coefficient (Wildman–Crippen LogP) is 5.43. The fraction of sp³-hybridized carbons (Fsp3) is 0.368. The molecule has 1 aliphatic rings. The van der Waals surface area contributed by atoms with Gasteiger partial charge in [0, 0.05) is 5.41 Å². The third-order valence-electron chi connectivity index (χ3n) is 5.05. The maximum atomic E-state index is 13.0. The number of rotatable bonds is 2. The molecule has 1 N–H and O–H groups in total. The maximum absolute atomic E-state index is 13.0. The molecule has 1 nitrogen and oxygen atoms in total. The van der Waals surface area contributed by atoms with Crippen LogP contribution in [-0.4, -0.2) is 11.3 Å². The van der Waals surface area contributed by atoms with Crippen LogP contribution >= 0.6 is 0 Å². The van der Waals surface area contributed by atoms with E-state index in [-0.39, 0.29) is 18.6 Å². The van der Waals surface area contributed by atoms with Crippen LogP contribution in [0, 0.1) is 5.92 Å². The minimum Gasteiger partial charge on any atom is -0.508 e. The number of phenols is 1. The number of halogens is 3. The Bertz CT molecular complexity index is 639. The first-order chi connectivity index (χ1) is 10.9. The topological polar surface area (TPSA) is 20.2 Å². The fourth-order valence-electron chi connectivity index (χ4n) is 3.72. The highest BCUT2D eigenvalue weighted by Crippen LogP contribution is 2.50. The summed E-state index contributed by atoms with van der Waals surface area (Å²) in [6.07, 6.45) is -2.91. The van der Waals surface area contributed by atoms with Crippen LogP contribution in [0.2, 0.25) is 0 Å². The summed E-state index contributed by atoms with van der Waals surface area (Å²) in [4.78, 5) is 0. The number of benzene rings is 2. The Labute approximate surface area is 133 Å². The Hall–Kier alpha value is -1.97. The summed E-state index contributed by atoms with van der Waals surface area (Å²) in [7, 11) is 0. The van der Waals surface area contributed by atoms with Crippen molar-refractivity contribution >= 4 is 0 Å². The lowest BCUT2D eigenvalue weighted by Gasteiger charge is -2.41. The Morgan fingerprint density at radius 2 is 1.35 bits per heavy atom. The molecule has 4 heteroatoms. The number of alkyl halides is 3. The zero-order valence-corrected chi connectivity index (χ0v) is 12.7. The van der Waals surface area contributed by atoms with Gasteiger partial charge < -0.3 is 5.11 Å². The molecule has 0 aromatic heterocycles. The van der Waals surface area contributed by atoms with Gasteiger partial charge in [0.25, 0.3) is 0 Å². The predicted molar refractivity (Wildman–Crippen MR) is 83.3 cm³/mol. The van der Waals surface area contributed by atoms with E-state index in [0.29, 0.717) is 12.8 Å². The lowest BCUT2D eigenvalue weighted by atomic mass is 9.63. The van der Waals surface area contributed by atoms with Crippen molar-refractivity contribution < 1.29 is 18.3 Å². The number of hydrogen-bond donors (Lipinski definition) is 1. The van der Waals surface area contributed by atoms with Crippen LogP contribution in [0.1, 0.15) is 36.8 Å². The van der Waals surface area contributed by atoms with Gasteiger partial charge in [-0.2, -0.15) is 13.2 Å². The van der Waals surface area contributed by atoms with Gasteiger partial charge in [-0.3, -0.25) is 0 Å². The van der Waals surface area contributed by atoms with Crippen LogP contribution in [0.5, 0.6) is 5.75 Å². The summed E-state index contributed by atoms with van der Waals surface area (Å²) in [5, 5.41) is 9.51. The molecule has 3 rings (SSSR count). The standard InChI is InChI=1S/C19H19F3O/c20-19(21,22)16-10-12-18(13-11-16,14-4-2-1-3-5-14)15-6-8-17(23)9-7-15/h1-9,16,23H,10-13H2.